The van der Waals surface area contributed by atoms with Gasteiger partial charge in [-0.1, -0.05) is 43.7 Å². The fourth-order valence-electron chi connectivity index (χ4n) is 3.15. The van der Waals surface area contributed by atoms with Gasteiger partial charge in [-0.2, -0.15) is 0 Å². The van der Waals surface area contributed by atoms with Crippen LogP contribution in [0.4, 0.5) is 10.5 Å². The Bertz CT molecular complexity index is 1020. The number of nitrogens with zero attached hydrogens (tertiary/aromatic N) is 1. The van der Waals surface area contributed by atoms with Gasteiger partial charge in [0.25, 0.3) is 0 Å². The summed E-state index contributed by atoms with van der Waals surface area (Å²) in [5, 5.41) is 16.8. The Morgan fingerprint density at radius 1 is 1.10 bits per heavy atom. The van der Waals surface area contributed by atoms with Crippen molar-refractivity contribution >= 4 is 28.5 Å². The second-order valence-electron chi connectivity index (χ2n) is 7.25. The van der Waals surface area contributed by atoms with Gasteiger partial charge in [-0.3, -0.25) is 9.78 Å². The molecule has 3 rings (SSSR count). The maximum absolute atomic E-state index is 13.1. The number of anilines is 1. The summed E-state index contributed by atoms with van der Waals surface area (Å²) in [6.07, 6.45) is 4.64. The van der Waals surface area contributed by atoms with Crippen LogP contribution in [-0.2, 0) is 16.1 Å². The van der Waals surface area contributed by atoms with Gasteiger partial charge in [-0.15, -0.1) is 0 Å². The van der Waals surface area contributed by atoms with Crippen molar-refractivity contribution in [3.05, 3.63) is 72.1 Å². The number of carbonyl (C=O) groups is 2. The van der Waals surface area contributed by atoms with Gasteiger partial charge >= 0.3 is 6.09 Å². The molecule has 0 spiro atoms. The average molecular weight is 421 g/mol. The lowest BCUT2D eigenvalue weighted by Gasteiger charge is -2.18. The lowest BCUT2D eigenvalue weighted by atomic mass is 9.96. The number of ether oxygens (including phenoxy) is 1. The van der Waals surface area contributed by atoms with E-state index in [0.717, 1.165) is 34.7 Å². The number of aromatic nitrogens is 1. The molecule has 0 saturated carbocycles. The fraction of sp³-hybridized carbons (Fsp3) is 0.292. The Morgan fingerprint density at radius 2 is 1.90 bits per heavy atom. The van der Waals surface area contributed by atoms with E-state index in [1.54, 1.807) is 36.7 Å². The minimum atomic E-state index is -0.625. The van der Waals surface area contributed by atoms with Crippen LogP contribution in [0.25, 0.3) is 10.8 Å². The van der Waals surface area contributed by atoms with Gasteiger partial charge in [0.1, 0.15) is 0 Å². The number of nitrogens with one attached hydrogen (secondary N) is 2. The number of aliphatic hydroxyl groups excluding tert-OH is 1. The number of alkyl carbamates (subject to hydrolysis) is 1. The summed E-state index contributed by atoms with van der Waals surface area (Å²) < 4.78 is 5.13. The van der Waals surface area contributed by atoms with E-state index in [9.17, 15) is 14.7 Å². The SMILES string of the molecule is CCCCOC(=O)NCC(C(=O)Nc1ccc2cnccc2c1)c1ccc(CO)cc1. The van der Waals surface area contributed by atoms with E-state index < -0.39 is 12.0 Å². The maximum Gasteiger partial charge on any atom is 0.407 e. The van der Waals surface area contributed by atoms with Crippen LogP contribution in [0.5, 0.6) is 0 Å². The molecule has 0 fully saturated rings. The molecule has 1 aromatic heterocycles. The van der Waals surface area contributed by atoms with E-state index >= 15 is 0 Å². The molecule has 2 aromatic carbocycles. The van der Waals surface area contributed by atoms with Crippen molar-refractivity contribution in [1.82, 2.24) is 10.3 Å². The number of hydrogen-bond donors (Lipinski definition) is 3. The van der Waals surface area contributed by atoms with Gasteiger partial charge in [0, 0.05) is 30.0 Å². The molecule has 2 amide bonds. The van der Waals surface area contributed by atoms with Crippen molar-refractivity contribution in [2.75, 3.05) is 18.5 Å². The predicted octanol–water partition coefficient (Wildman–Crippen LogP) is 3.98. The minimum Gasteiger partial charge on any atom is -0.450 e. The van der Waals surface area contributed by atoms with E-state index in [1.165, 1.54) is 0 Å². The summed E-state index contributed by atoms with van der Waals surface area (Å²) in [6.45, 7) is 2.37. The summed E-state index contributed by atoms with van der Waals surface area (Å²) >= 11 is 0. The zero-order chi connectivity index (χ0) is 22.1. The molecule has 162 valence electrons. The van der Waals surface area contributed by atoms with Crippen LogP contribution in [0.1, 0.15) is 36.8 Å². The zero-order valence-electron chi connectivity index (χ0n) is 17.5. The summed E-state index contributed by atoms with van der Waals surface area (Å²) in [7, 11) is 0. The number of carbonyl (C=O) groups excluding carboxylic acids is 2. The van der Waals surface area contributed by atoms with Gasteiger partial charge in [-0.05, 0) is 41.1 Å². The van der Waals surface area contributed by atoms with E-state index in [1.807, 2.05) is 31.2 Å². The Kier molecular flexibility index (Phi) is 7.95. The highest BCUT2D eigenvalue weighted by atomic mass is 16.5. The molecule has 0 radical (unpaired) electrons. The first kappa shape index (κ1) is 22.2. The van der Waals surface area contributed by atoms with Crippen LogP contribution in [-0.4, -0.2) is 35.2 Å². The van der Waals surface area contributed by atoms with Crippen LogP contribution in [0.15, 0.2) is 60.9 Å². The van der Waals surface area contributed by atoms with Crippen molar-refractivity contribution in [3.8, 4) is 0 Å². The van der Waals surface area contributed by atoms with Crippen LogP contribution < -0.4 is 10.6 Å². The van der Waals surface area contributed by atoms with Gasteiger partial charge in [-0.25, -0.2) is 4.79 Å². The molecule has 1 unspecified atom stereocenters. The number of aliphatic hydroxyl groups is 1. The number of rotatable bonds is 9. The topological polar surface area (TPSA) is 101 Å². The highest BCUT2D eigenvalue weighted by Gasteiger charge is 2.22. The molecule has 0 aliphatic rings. The van der Waals surface area contributed by atoms with Gasteiger partial charge < -0.3 is 20.5 Å². The minimum absolute atomic E-state index is 0.0783. The first-order valence-corrected chi connectivity index (χ1v) is 10.4. The number of pyridine rings is 1. The highest BCUT2D eigenvalue weighted by molar-refractivity contribution is 5.98. The van der Waals surface area contributed by atoms with Crippen LogP contribution >= 0.6 is 0 Å². The van der Waals surface area contributed by atoms with Crippen molar-refractivity contribution < 1.29 is 19.4 Å². The lowest BCUT2D eigenvalue weighted by Crippen LogP contribution is -2.34. The first-order chi connectivity index (χ1) is 15.1. The Labute approximate surface area is 181 Å². The van der Waals surface area contributed by atoms with Gasteiger partial charge in [0.15, 0.2) is 0 Å². The van der Waals surface area contributed by atoms with E-state index in [4.69, 9.17) is 4.74 Å². The largest absolute Gasteiger partial charge is 0.450 e. The molecule has 7 nitrogen and oxygen atoms in total. The summed E-state index contributed by atoms with van der Waals surface area (Å²) in [5.41, 5.74) is 2.14. The molecule has 3 aromatic rings. The van der Waals surface area contributed by atoms with Gasteiger partial charge in [0.2, 0.25) is 5.91 Å². The predicted molar refractivity (Wildman–Crippen MR) is 120 cm³/mol. The molecular weight excluding hydrogens is 394 g/mol. The van der Waals surface area contributed by atoms with E-state index in [2.05, 4.69) is 15.6 Å². The van der Waals surface area contributed by atoms with Crippen molar-refractivity contribution in [2.24, 2.45) is 0 Å². The van der Waals surface area contributed by atoms with Crippen LogP contribution in [0.2, 0.25) is 0 Å². The second-order valence-corrected chi connectivity index (χ2v) is 7.25. The molecule has 7 heteroatoms. The van der Waals surface area contributed by atoms with Crippen LogP contribution in [0.3, 0.4) is 0 Å². The molecule has 31 heavy (non-hydrogen) atoms. The van der Waals surface area contributed by atoms with Crippen molar-refractivity contribution in [1.29, 1.82) is 0 Å². The number of unbranched alkanes of at least 4 members (excludes halogenated alkanes) is 1. The lowest BCUT2D eigenvalue weighted by molar-refractivity contribution is -0.117. The van der Waals surface area contributed by atoms with E-state index in [0.29, 0.717) is 12.3 Å². The molecule has 3 N–H and O–H groups in total. The monoisotopic (exact) mass is 421 g/mol. The number of hydrogen-bond acceptors (Lipinski definition) is 5. The number of fused-ring (bicyclic) bond motifs is 1. The average Bonchev–Trinajstić information content (AvgIpc) is 2.79. The number of amides is 2. The Hall–Kier alpha value is -3.45. The summed E-state index contributed by atoms with van der Waals surface area (Å²) in [4.78, 5) is 29.2. The highest BCUT2D eigenvalue weighted by Crippen LogP contribution is 2.22. The standard InChI is InChI=1S/C24H27N3O4/c1-2-3-12-31-24(30)26-15-22(18-6-4-17(16-28)5-7-18)23(29)27-21-9-8-20-14-25-11-10-19(20)13-21/h4-11,13-14,22,28H,2-3,12,15-16H2,1H3,(H,26,30)(H,27,29). The molecule has 0 bridgehead atoms. The molecule has 1 heterocycles. The van der Waals surface area contributed by atoms with Crippen molar-refractivity contribution in [3.63, 3.8) is 0 Å². The Morgan fingerprint density at radius 3 is 2.65 bits per heavy atom. The van der Waals surface area contributed by atoms with Crippen LogP contribution in [0, 0.1) is 0 Å². The third-order valence-electron chi connectivity index (χ3n) is 4.97. The quantitative estimate of drug-likeness (QED) is 0.454. The van der Waals surface area contributed by atoms with Gasteiger partial charge in [0.05, 0.1) is 19.1 Å². The first-order valence-electron chi connectivity index (χ1n) is 10.4. The molecule has 1 atom stereocenters. The molecular formula is C24H27N3O4. The smallest absolute Gasteiger partial charge is 0.407 e. The third-order valence-corrected chi connectivity index (χ3v) is 4.97. The maximum atomic E-state index is 13.1. The summed E-state index contributed by atoms with van der Waals surface area (Å²) in [6, 6.07) is 14.6. The fourth-order valence-corrected chi connectivity index (χ4v) is 3.15. The van der Waals surface area contributed by atoms with Crippen molar-refractivity contribution in [2.45, 2.75) is 32.3 Å². The molecule has 0 aliphatic heterocycles. The Balaban J connectivity index is 1.74. The van der Waals surface area contributed by atoms with E-state index in [-0.39, 0.29) is 19.1 Å². The number of benzene rings is 2. The second kappa shape index (κ2) is 11.1. The summed E-state index contributed by atoms with van der Waals surface area (Å²) in [5.74, 6) is -0.876. The molecule has 0 aliphatic carbocycles. The normalized spacial score (nSPS) is 11.7. The molecule has 0 saturated heterocycles. The zero-order valence-corrected chi connectivity index (χ0v) is 17.5. The third kappa shape index (κ3) is 6.26.